The highest BCUT2D eigenvalue weighted by Gasteiger charge is 2.10. The number of carbonyl (C=O) groups is 1. The monoisotopic (exact) mass is 442 g/mol. The van der Waals surface area contributed by atoms with Gasteiger partial charge in [0.15, 0.2) is 17.3 Å². The Morgan fingerprint density at radius 1 is 0.970 bits per heavy atom. The molecule has 1 heterocycles. The second-order valence-electron chi connectivity index (χ2n) is 7.25. The number of imidazole rings is 1. The van der Waals surface area contributed by atoms with Gasteiger partial charge in [0.05, 0.1) is 25.6 Å². The van der Waals surface area contributed by atoms with E-state index in [0.717, 1.165) is 11.1 Å². The number of hydrogen-bond donors (Lipinski definition) is 2. The first-order valence-corrected chi connectivity index (χ1v) is 10.1. The molecule has 4 rings (SSSR count). The molecule has 33 heavy (non-hydrogen) atoms. The first kappa shape index (κ1) is 21.7. The summed E-state index contributed by atoms with van der Waals surface area (Å²) >= 11 is 0. The van der Waals surface area contributed by atoms with Crippen LogP contribution in [0.25, 0.3) is 23.0 Å². The van der Waals surface area contributed by atoms with Gasteiger partial charge in [0.2, 0.25) is 0 Å². The molecular formula is C26H22N2O5. The van der Waals surface area contributed by atoms with E-state index in [4.69, 9.17) is 9.47 Å². The van der Waals surface area contributed by atoms with Crippen molar-refractivity contribution in [2.75, 3.05) is 14.2 Å². The molecule has 0 amide bonds. The maximum atomic E-state index is 12.8. The van der Waals surface area contributed by atoms with Crippen molar-refractivity contribution in [1.29, 1.82) is 0 Å². The van der Waals surface area contributed by atoms with Gasteiger partial charge in [-0.05, 0) is 65.7 Å². The van der Waals surface area contributed by atoms with Crippen molar-refractivity contribution >= 4 is 11.9 Å². The minimum absolute atomic E-state index is 0.146. The second-order valence-corrected chi connectivity index (χ2v) is 7.25. The van der Waals surface area contributed by atoms with Crippen molar-refractivity contribution in [1.82, 2.24) is 9.55 Å². The van der Waals surface area contributed by atoms with Gasteiger partial charge in [-0.2, -0.15) is 0 Å². The Labute approximate surface area is 190 Å². The zero-order valence-electron chi connectivity index (χ0n) is 18.1. The minimum atomic E-state index is -0.330. The Balaban J connectivity index is 1.58. The van der Waals surface area contributed by atoms with E-state index >= 15 is 0 Å². The summed E-state index contributed by atoms with van der Waals surface area (Å²) in [6, 6.07) is 18.7. The molecular weight excluding hydrogens is 420 g/mol. The van der Waals surface area contributed by atoms with Gasteiger partial charge in [0, 0.05) is 11.8 Å². The van der Waals surface area contributed by atoms with Crippen LogP contribution in [0.5, 0.6) is 17.2 Å². The van der Waals surface area contributed by atoms with Gasteiger partial charge in [-0.1, -0.05) is 24.3 Å². The summed E-state index contributed by atoms with van der Waals surface area (Å²) in [6.45, 7) is 0. The highest BCUT2D eigenvalue weighted by Crippen LogP contribution is 2.28. The summed E-state index contributed by atoms with van der Waals surface area (Å²) in [4.78, 5) is 28.1. The molecule has 4 aromatic rings. The lowest BCUT2D eigenvalue weighted by Crippen LogP contribution is -2.14. The number of aromatic hydroxyl groups is 1. The van der Waals surface area contributed by atoms with Crippen molar-refractivity contribution in [3.63, 3.8) is 0 Å². The number of phenolic OH excluding ortho intramolecular Hbond substituents is 1. The van der Waals surface area contributed by atoms with E-state index in [1.165, 1.54) is 10.6 Å². The minimum Gasteiger partial charge on any atom is -0.508 e. The number of aromatic amines is 1. The molecule has 0 aliphatic rings. The van der Waals surface area contributed by atoms with Crippen molar-refractivity contribution < 1.29 is 19.4 Å². The summed E-state index contributed by atoms with van der Waals surface area (Å²) < 4.78 is 12.0. The average Bonchev–Trinajstić information content (AvgIpc) is 3.24. The Morgan fingerprint density at radius 3 is 2.45 bits per heavy atom. The van der Waals surface area contributed by atoms with Gasteiger partial charge in [0.1, 0.15) is 5.75 Å². The smallest absolute Gasteiger partial charge is 0.330 e. The van der Waals surface area contributed by atoms with Gasteiger partial charge in [-0.15, -0.1) is 0 Å². The fraction of sp³-hybridized carbons (Fsp3) is 0.0769. The zero-order chi connectivity index (χ0) is 23.4. The van der Waals surface area contributed by atoms with E-state index in [2.05, 4.69) is 4.98 Å². The SMILES string of the molecule is COc1ccc(/C=C/C(=O)c2cccc(-n3cc(-c4ccc(O)cc4)[nH]c3=O)c2)cc1OC. The molecule has 0 unspecified atom stereocenters. The van der Waals surface area contributed by atoms with E-state index in [-0.39, 0.29) is 17.2 Å². The standard InChI is InChI=1S/C26H22N2O5/c1-32-24-13-7-17(14-25(24)33-2)6-12-23(30)19-4-3-5-20(15-19)28-16-22(27-26(28)31)18-8-10-21(29)11-9-18/h3-16,29H,1-2H3,(H,27,31)/b12-6+. The number of allylic oxidation sites excluding steroid dienone is 1. The zero-order valence-corrected chi connectivity index (χ0v) is 18.1. The molecule has 166 valence electrons. The maximum absolute atomic E-state index is 12.8. The van der Waals surface area contributed by atoms with E-state index < -0.39 is 0 Å². The van der Waals surface area contributed by atoms with Gasteiger partial charge < -0.3 is 19.6 Å². The van der Waals surface area contributed by atoms with E-state index in [1.807, 2.05) is 6.07 Å². The van der Waals surface area contributed by atoms with Crippen LogP contribution in [0, 0.1) is 0 Å². The Bertz CT molecular complexity index is 1380. The Kier molecular flexibility index (Phi) is 6.13. The number of nitrogens with one attached hydrogen (secondary N) is 1. The first-order valence-electron chi connectivity index (χ1n) is 10.1. The normalized spacial score (nSPS) is 11.0. The predicted molar refractivity (Wildman–Crippen MR) is 126 cm³/mol. The van der Waals surface area contributed by atoms with E-state index in [0.29, 0.717) is 28.4 Å². The van der Waals surface area contributed by atoms with Gasteiger partial charge in [0.25, 0.3) is 0 Å². The Morgan fingerprint density at radius 2 is 1.73 bits per heavy atom. The number of ketones is 1. The van der Waals surface area contributed by atoms with Crippen LogP contribution < -0.4 is 15.2 Å². The van der Waals surface area contributed by atoms with E-state index in [1.54, 1.807) is 87.2 Å². The summed E-state index contributed by atoms with van der Waals surface area (Å²) in [5, 5.41) is 9.46. The van der Waals surface area contributed by atoms with Crippen LogP contribution in [0.3, 0.4) is 0 Å². The highest BCUT2D eigenvalue weighted by molar-refractivity contribution is 6.07. The molecule has 0 saturated carbocycles. The number of phenols is 1. The van der Waals surface area contributed by atoms with Crippen LogP contribution in [-0.4, -0.2) is 34.7 Å². The third-order valence-corrected chi connectivity index (χ3v) is 5.14. The fourth-order valence-corrected chi connectivity index (χ4v) is 3.41. The maximum Gasteiger partial charge on any atom is 0.330 e. The van der Waals surface area contributed by atoms with Crippen molar-refractivity contribution in [3.05, 3.63) is 101 Å². The number of ether oxygens (including phenoxy) is 2. The molecule has 0 atom stereocenters. The molecule has 7 heteroatoms. The second kappa shape index (κ2) is 9.32. The van der Waals surface area contributed by atoms with Crippen LogP contribution in [0.2, 0.25) is 0 Å². The summed E-state index contributed by atoms with van der Waals surface area (Å²) in [6.07, 6.45) is 4.84. The largest absolute Gasteiger partial charge is 0.508 e. The molecule has 1 aromatic heterocycles. The van der Waals surface area contributed by atoms with Crippen LogP contribution in [-0.2, 0) is 0 Å². The fourth-order valence-electron chi connectivity index (χ4n) is 3.41. The van der Waals surface area contributed by atoms with Crippen molar-refractivity contribution in [2.45, 2.75) is 0 Å². The topological polar surface area (TPSA) is 93.5 Å². The predicted octanol–water partition coefficient (Wildman–Crippen LogP) is 4.45. The third-order valence-electron chi connectivity index (χ3n) is 5.14. The van der Waals surface area contributed by atoms with Crippen molar-refractivity contribution in [3.8, 4) is 34.2 Å². The molecule has 0 spiro atoms. The number of aromatic nitrogens is 2. The molecule has 0 aliphatic heterocycles. The molecule has 0 saturated heterocycles. The van der Waals surface area contributed by atoms with Crippen molar-refractivity contribution in [2.24, 2.45) is 0 Å². The highest BCUT2D eigenvalue weighted by atomic mass is 16.5. The summed E-state index contributed by atoms with van der Waals surface area (Å²) in [7, 11) is 3.12. The molecule has 0 aliphatic carbocycles. The number of nitrogens with zero attached hydrogens (tertiary/aromatic N) is 1. The van der Waals surface area contributed by atoms with Gasteiger partial charge in [-0.3, -0.25) is 9.36 Å². The van der Waals surface area contributed by atoms with Crippen LogP contribution in [0.1, 0.15) is 15.9 Å². The number of methoxy groups -OCH3 is 2. The molecule has 0 bridgehead atoms. The van der Waals surface area contributed by atoms with E-state index in [9.17, 15) is 14.7 Å². The molecule has 2 N–H and O–H groups in total. The molecule has 3 aromatic carbocycles. The lowest BCUT2D eigenvalue weighted by molar-refractivity contribution is 0.104. The third kappa shape index (κ3) is 4.72. The Hall–Kier alpha value is -4.52. The van der Waals surface area contributed by atoms with Gasteiger partial charge in [-0.25, -0.2) is 4.79 Å². The first-order chi connectivity index (χ1) is 16.0. The number of H-pyrrole nitrogens is 1. The number of carbonyl (C=O) groups excluding carboxylic acids is 1. The quantitative estimate of drug-likeness (QED) is 0.326. The summed E-state index contributed by atoms with van der Waals surface area (Å²) in [5.74, 6) is 1.13. The molecule has 0 fully saturated rings. The van der Waals surface area contributed by atoms with Gasteiger partial charge >= 0.3 is 5.69 Å². The average molecular weight is 442 g/mol. The number of rotatable bonds is 7. The lowest BCUT2D eigenvalue weighted by Gasteiger charge is -2.07. The molecule has 7 nitrogen and oxygen atoms in total. The van der Waals surface area contributed by atoms with Crippen LogP contribution in [0.15, 0.2) is 83.8 Å². The lowest BCUT2D eigenvalue weighted by atomic mass is 10.1. The van der Waals surface area contributed by atoms with Crippen LogP contribution in [0.4, 0.5) is 0 Å². The van der Waals surface area contributed by atoms with Crippen LogP contribution >= 0.6 is 0 Å². The number of hydrogen-bond acceptors (Lipinski definition) is 5. The summed E-state index contributed by atoms with van der Waals surface area (Å²) in [5.41, 5.74) is 2.83. The number of benzene rings is 3. The molecule has 0 radical (unpaired) electrons.